The summed E-state index contributed by atoms with van der Waals surface area (Å²) in [7, 11) is 1.65. The SMILES string of the molecule is CCNC(C)CCc1nc(-c2ccc(OC)cc2)no1. The predicted octanol–water partition coefficient (Wildman–Crippen LogP) is 2.68. The Hall–Kier alpha value is -1.88. The van der Waals surface area contributed by atoms with E-state index in [1.165, 1.54) is 0 Å². The summed E-state index contributed by atoms with van der Waals surface area (Å²) in [4.78, 5) is 4.42. The van der Waals surface area contributed by atoms with Crippen molar-refractivity contribution in [3.05, 3.63) is 30.2 Å². The lowest BCUT2D eigenvalue weighted by Gasteiger charge is -2.09. The molecule has 20 heavy (non-hydrogen) atoms. The maximum atomic E-state index is 5.28. The van der Waals surface area contributed by atoms with Crippen LogP contribution in [0.4, 0.5) is 0 Å². The van der Waals surface area contributed by atoms with Crippen molar-refractivity contribution in [1.82, 2.24) is 15.5 Å². The van der Waals surface area contributed by atoms with Gasteiger partial charge in [0.15, 0.2) is 0 Å². The molecule has 1 aromatic carbocycles. The molecule has 0 spiro atoms. The Bertz CT molecular complexity index is 522. The van der Waals surface area contributed by atoms with Crippen LogP contribution in [0, 0.1) is 0 Å². The van der Waals surface area contributed by atoms with Crippen molar-refractivity contribution in [2.75, 3.05) is 13.7 Å². The maximum Gasteiger partial charge on any atom is 0.227 e. The van der Waals surface area contributed by atoms with Crippen LogP contribution >= 0.6 is 0 Å². The van der Waals surface area contributed by atoms with Crippen LogP contribution in [0.1, 0.15) is 26.2 Å². The van der Waals surface area contributed by atoms with E-state index >= 15 is 0 Å². The highest BCUT2D eigenvalue weighted by atomic mass is 16.5. The van der Waals surface area contributed by atoms with Crippen LogP contribution < -0.4 is 10.1 Å². The third-order valence-electron chi connectivity index (χ3n) is 3.16. The maximum absolute atomic E-state index is 5.28. The minimum absolute atomic E-state index is 0.455. The molecule has 1 N–H and O–H groups in total. The minimum atomic E-state index is 0.455. The Kier molecular flexibility index (Phi) is 5.12. The number of hydrogen-bond donors (Lipinski definition) is 1. The number of nitrogens with zero attached hydrogens (tertiary/aromatic N) is 2. The van der Waals surface area contributed by atoms with E-state index in [1.54, 1.807) is 7.11 Å². The number of nitrogens with one attached hydrogen (secondary N) is 1. The van der Waals surface area contributed by atoms with Gasteiger partial charge < -0.3 is 14.6 Å². The second kappa shape index (κ2) is 7.05. The lowest BCUT2D eigenvalue weighted by molar-refractivity contribution is 0.368. The lowest BCUT2D eigenvalue weighted by atomic mass is 10.2. The Morgan fingerprint density at radius 2 is 2.05 bits per heavy atom. The van der Waals surface area contributed by atoms with E-state index in [9.17, 15) is 0 Å². The summed E-state index contributed by atoms with van der Waals surface area (Å²) in [5.74, 6) is 2.12. The first kappa shape index (κ1) is 14.5. The van der Waals surface area contributed by atoms with Gasteiger partial charge in [0, 0.05) is 18.0 Å². The van der Waals surface area contributed by atoms with Crippen LogP contribution in [0.2, 0.25) is 0 Å². The Labute approximate surface area is 119 Å². The van der Waals surface area contributed by atoms with Crippen LogP contribution in [0.25, 0.3) is 11.4 Å². The van der Waals surface area contributed by atoms with Crippen LogP contribution in [0.15, 0.2) is 28.8 Å². The van der Waals surface area contributed by atoms with Crippen molar-refractivity contribution in [3.63, 3.8) is 0 Å². The molecule has 2 rings (SSSR count). The number of rotatable bonds is 7. The molecule has 1 heterocycles. The van der Waals surface area contributed by atoms with Crippen molar-refractivity contribution in [1.29, 1.82) is 0 Å². The first-order valence-electron chi connectivity index (χ1n) is 6.93. The molecule has 0 aliphatic heterocycles. The van der Waals surface area contributed by atoms with E-state index in [0.29, 0.717) is 17.8 Å². The molecule has 108 valence electrons. The topological polar surface area (TPSA) is 60.2 Å². The van der Waals surface area contributed by atoms with Gasteiger partial charge in [0.05, 0.1) is 7.11 Å². The van der Waals surface area contributed by atoms with Gasteiger partial charge in [-0.2, -0.15) is 4.98 Å². The van der Waals surface area contributed by atoms with E-state index in [0.717, 1.165) is 30.7 Å². The van der Waals surface area contributed by atoms with Crippen molar-refractivity contribution < 1.29 is 9.26 Å². The third kappa shape index (κ3) is 3.81. The monoisotopic (exact) mass is 275 g/mol. The van der Waals surface area contributed by atoms with E-state index in [4.69, 9.17) is 9.26 Å². The fourth-order valence-electron chi connectivity index (χ4n) is 2.00. The van der Waals surface area contributed by atoms with Gasteiger partial charge in [-0.05, 0) is 44.2 Å². The molecule has 0 bridgehead atoms. The molecule has 5 heteroatoms. The molecule has 0 aliphatic rings. The predicted molar refractivity (Wildman–Crippen MR) is 77.7 cm³/mol. The Balaban J connectivity index is 1.97. The first-order valence-corrected chi connectivity index (χ1v) is 6.93. The number of ether oxygens (including phenoxy) is 1. The van der Waals surface area contributed by atoms with E-state index in [2.05, 4.69) is 29.3 Å². The molecule has 0 aliphatic carbocycles. The summed E-state index contributed by atoms with van der Waals surface area (Å²) in [6.07, 6.45) is 1.77. The second-order valence-corrected chi connectivity index (χ2v) is 4.74. The number of benzene rings is 1. The number of aromatic nitrogens is 2. The highest BCUT2D eigenvalue weighted by Crippen LogP contribution is 2.20. The zero-order valence-electron chi connectivity index (χ0n) is 12.2. The zero-order chi connectivity index (χ0) is 14.4. The third-order valence-corrected chi connectivity index (χ3v) is 3.16. The van der Waals surface area contributed by atoms with Gasteiger partial charge in [0.1, 0.15) is 5.75 Å². The fraction of sp³-hybridized carbons (Fsp3) is 0.467. The summed E-state index contributed by atoms with van der Waals surface area (Å²) in [5, 5.41) is 7.38. The molecule has 2 aromatic rings. The number of hydrogen-bond acceptors (Lipinski definition) is 5. The fourth-order valence-corrected chi connectivity index (χ4v) is 2.00. The summed E-state index contributed by atoms with van der Waals surface area (Å²) < 4.78 is 10.4. The van der Waals surface area contributed by atoms with E-state index < -0.39 is 0 Å². The van der Waals surface area contributed by atoms with Gasteiger partial charge in [-0.3, -0.25) is 0 Å². The van der Waals surface area contributed by atoms with Crippen LogP contribution in [-0.2, 0) is 6.42 Å². The number of aryl methyl sites for hydroxylation is 1. The second-order valence-electron chi connectivity index (χ2n) is 4.74. The summed E-state index contributed by atoms with van der Waals surface area (Å²) >= 11 is 0. The van der Waals surface area contributed by atoms with Gasteiger partial charge in [-0.1, -0.05) is 12.1 Å². The first-order chi connectivity index (χ1) is 9.72. The molecule has 0 amide bonds. The van der Waals surface area contributed by atoms with Crippen LogP contribution in [0.3, 0.4) is 0 Å². The molecular formula is C15H21N3O2. The molecule has 1 atom stereocenters. The van der Waals surface area contributed by atoms with Gasteiger partial charge in [-0.15, -0.1) is 0 Å². The average molecular weight is 275 g/mol. The summed E-state index contributed by atoms with van der Waals surface area (Å²) in [6, 6.07) is 8.08. The summed E-state index contributed by atoms with van der Waals surface area (Å²) in [5.41, 5.74) is 0.931. The molecule has 1 unspecified atom stereocenters. The van der Waals surface area contributed by atoms with Crippen molar-refractivity contribution in [2.24, 2.45) is 0 Å². The van der Waals surface area contributed by atoms with Gasteiger partial charge in [-0.25, -0.2) is 0 Å². The van der Waals surface area contributed by atoms with Crippen molar-refractivity contribution in [3.8, 4) is 17.1 Å². The van der Waals surface area contributed by atoms with Crippen LogP contribution in [-0.4, -0.2) is 29.8 Å². The molecule has 0 radical (unpaired) electrons. The lowest BCUT2D eigenvalue weighted by Crippen LogP contribution is -2.25. The molecule has 5 nitrogen and oxygen atoms in total. The Morgan fingerprint density at radius 3 is 2.70 bits per heavy atom. The highest BCUT2D eigenvalue weighted by molar-refractivity contribution is 5.55. The van der Waals surface area contributed by atoms with Crippen molar-refractivity contribution in [2.45, 2.75) is 32.7 Å². The minimum Gasteiger partial charge on any atom is -0.497 e. The molecule has 1 aromatic heterocycles. The summed E-state index contributed by atoms with van der Waals surface area (Å²) in [6.45, 7) is 5.23. The molecule has 0 saturated carbocycles. The molecule has 0 fully saturated rings. The van der Waals surface area contributed by atoms with Crippen molar-refractivity contribution >= 4 is 0 Å². The highest BCUT2D eigenvalue weighted by Gasteiger charge is 2.10. The molecular weight excluding hydrogens is 254 g/mol. The van der Waals surface area contributed by atoms with Gasteiger partial charge in [0.2, 0.25) is 11.7 Å². The van der Waals surface area contributed by atoms with Crippen LogP contribution in [0.5, 0.6) is 5.75 Å². The van der Waals surface area contributed by atoms with Gasteiger partial charge >= 0.3 is 0 Å². The smallest absolute Gasteiger partial charge is 0.227 e. The van der Waals surface area contributed by atoms with Gasteiger partial charge in [0.25, 0.3) is 0 Å². The standard InChI is InChI=1S/C15H21N3O2/c1-4-16-11(2)5-10-14-17-15(18-20-14)12-6-8-13(19-3)9-7-12/h6-9,11,16H,4-5,10H2,1-3H3. The quantitative estimate of drug-likeness (QED) is 0.841. The number of methoxy groups -OCH3 is 1. The average Bonchev–Trinajstić information content (AvgIpc) is 2.94. The zero-order valence-corrected chi connectivity index (χ0v) is 12.2. The van der Waals surface area contributed by atoms with E-state index in [-0.39, 0.29) is 0 Å². The Morgan fingerprint density at radius 1 is 1.30 bits per heavy atom. The largest absolute Gasteiger partial charge is 0.497 e. The van der Waals surface area contributed by atoms with E-state index in [1.807, 2.05) is 24.3 Å². The normalized spacial score (nSPS) is 12.3. The molecule has 0 saturated heterocycles.